The molecule has 0 aliphatic heterocycles. The fraction of sp³-hybridized carbons (Fsp3) is 0.235. The summed E-state index contributed by atoms with van der Waals surface area (Å²) in [6.07, 6.45) is 1.45. The molecule has 0 bridgehead atoms. The van der Waals surface area contributed by atoms with Gasteiger partial charge >= 0.3 is 0 Å². The van der Waals surface area contributed by atoms with E-state index in [0.717, 1.165) is 12.8 Å². The second-order valence-corrected chi connectivity index (χ2v) is 5.17. The molecule has 0 N–H and O–H groups in total. The Morgan fingerprint density at radius 2 is 1.68 bits per heavy atom. The molecule has 0 heterocycles. The molecule has 0 spiro atoms. The van der Waals surface area contributed by atoms with Gasteiger partial charge in [0.1, 0.15) is 5.82 Å². The SMILES string of the molecule is Cc1cccc(C(=O)C2Cc3ccccc3C2)c1F. The Balaban J connectivity index is 1.89. The summed E-state index contributed by atoms with van der Waals surface area (Å²) >= 11 is 0. The quantitative estimate of drug-likeness (QED) is 0.746. The minimum Gasteiger partial charge on any atom is -0.294 e. The highest BCUT2D eigenvalue weighted by Gasteiger charge is 2.29. The van der Waals surface area contributed by atoms with Crippen molar-refractivity contribution in [2.24, 2.45) is 5.92 Å². The van der Waals surface area contributed by atoms with Crippen LogP contribution in [0.2, 0.25) is 0 Å². The van der Waals surface area contributed by atoms with E-state index in [4.69, 9.17) is 0 Å². The first-order chi connectivity index (χ1) is 9.16. The molecule has 1 nitrogen and oxygen atoms in total. The Hall–Kier alpha value is -1.96. The number of Topliss-reactive ketones (excluding diaryl/α,β-unsaturated/α-hetero) is 1. The predicted octanol–water partition coefficient (Wildman–Crippen LogP) is 3.73. The van der Waals surface area contributed by atoms with Crippen molar-refractivity contribution in [2.75, 3.05) is 0 Å². The Labute approximate surface area is 112 Å². The van der Waals surface area contributed by atoms with Gasteiger partial charge in [0, 0.05) is 5.92 Å². The number of aryl methyl sites for hydroxylation is 1. The standard InChI is InChI=1S/C17H15FO/c1-11-5-4-8-15(16(11)18)17(19)14-9-12-6-2-3-7-13(12)10-14/h2-8,14H,9-10H2,1H3. The van der Waals surface area contributed by atoms with E-state index in [0.29, 0.717) is 5.56 Å². The minimum absolute atomic E-state index is 0.0719. The van der Waals surface area contributed by atoms with Crippen molar-refractivity contribution in [2.45, 2.75) is 19.8 Å². The maximum atomic E-state index is 14.0. The topological polar surface area (TPSA) is 17.1 Å². The van der Waals surface area contributed by atoms with Crippen LogP contribution in [0.5, 0.6) is 0 Å². The first-order valence-corrected chi connectivity index (χ1v) is 6.53. The average molecular weight is 254 g/mol. The van der Waals surface area contributed by atoms with Crippen LogP contribution in [-0.2, 0) is 12.8 Å². The van der Waals surface area contributed by atoms with Crippen LogP contribution in [0.15, 0.2) is 42.5 Å². The first kappa shape index (κ1) is 12.1. The van der Waals surface area contributed by atoms with Gasteiger partial charge in [-0.1, -0.05) is 36.4 Å². The van der Waals surface area contributed by atoms with Crippen molar-refractivity contribution in [3.63, 3.8) is 0 Å². The van der Waals surface area contributed by atoms with Crippen LogP contribution in [-0.4, -0.2) is 5.78 Å². The van der Waals surface area contributed by atoms with Gasteiger partial charge in [0.2, 0.25) is 0 Å². The lowest BCUT2D eigenvalue weighted by molar-refractivity contribution is 0.0920. The molecular weight excluding hydrogens is 239 g/mol. The van der Waals surface area contributed by atoms with Crippen molar-refractivity contribution < 1.29 is 9.18 Å². The lowest BCUT2D eigenvalue weighted by Gasteiger charge is -2.10. The molecule has 1 aliphatic rings. The van der Waals surface area contributed by atoms with Gasteiger partial charge in [-0.25, -0.2) is 4.39 Å². The Morgan fingerprint density at radius 1 is 1.05 bits per heavy atom. The van der Waals surface area contributed by atoms with Crippen LogP contribution in [0.25, 0.3) is 0 Å². The fourth-order valence-electron chi connectivity index (χ4n) is 2.80. The molecule has 0 fully saturated rings. The summed E-state index contributed by atoms with van der Waals surface area (Å²) in [7, 11) is 0. The molecule has 2 aromatic carbocycles. The van der Waals surface area contributed by atoms with E-state index in [1.807, 2.05) is 12.1 Å². The van der Waals surface area contributed by atoms with Crippen LogP contribution >= 0.6 is 0 Å². The molecular formula is C17H15FO. The number of carbonyl (C=O) groups is 1. The molecule has 0 amide bonds. The number of halogens is 1. The van der Waals surface area contributed by atoms with Gasteiger partial charge in [-0.15, -0.1) is 0 Å². The van der Waals surface area contributed by atoms with E-state index in [-0.39, 0.29) is 23.1 Å². The lowest BCUT2D eigenvalue weighted by Crippen LogP contribution is -2.16. The number of hydrogen-bond acceptors (Lipinski definition) is 1. The van der Waals surface area contributed by atoms with Crippen LogP contribution in [0.3, 0.4) is 0 Å². The van der Waals surface area contributed by atoms with E-state index < -0.39 is 0 Å². The molecule has 0 aromatic heterocycles. The molecule has 0 atom stereocenters. The maximum absolute atomic E-state index is 14.0. The third kappa shape index (κ3) is 2.07. The van der Waals surface area contributed by atoms with Gasteiger partial charge in [-0.2, -0.15) is 0 Å². The fourth-order valence-corrected chi connectivity index (χ4v) is 2.80. The van der Waals surface area contributed by atoms with Gasteiger partial charge < -0.3 is 0 Å². The van der Waals surface area contributed by atoms with Crippen molar-refractivity contribution >= 4 is 5.78 Å². The van der Waals surface area contributed by atoms with E-state index in [9.17, 15) is 9.18 Å². The molecule has 0 saturated carbocycles. The van der Waals surface area contributed by atoms with E-state index in [1.54, 1.807) is 25.1 Å². The molecule has 96 valence electrons. The smallest absolute Gasteiger partial charge is 0.169 e. The predicted molar refractivity (Wildman–Crippen MR) is 72.8 cm³/mol. The number of rotatable bonds is 2. The second kappa shape index (κ2) is 4.61. The normalized spacial score (nSPS) is 14.4. The van der Waals surface area contributed by atoms with Crippen LogP contribution in [0, 0.1) is 18.7 Å². The third-order valence-electron chi connectivity index (χ3n) is 3.88. The Kier molecular flexibility index (Phi) is 2.94. The van der Waals surface area contributed by atoms with Crippen molar-refractivity contribution in [3.8, 4) is 0 Å². The Morgan fingerprint density at radius 3 is 2.32 bits per heavy atom. The highest BCUT2D eigenvalue weighted by molar-refractivity contribution is 5.99. The largest absolute Gasteiger partial charge is 0.294 e. The zero-order chi connectivity index (χ0) is 13.4. The van der Waals surface area contributed by atoms with Crippen LogP contribution < -0.4 is 0 Å². The van der Waals surface area contributed by atoms with E-state index in [1.165, 1.54) is 11.1 Å². The highest BCUT2D eigenvalue weighted by atomic mass is 19.1. The number of ketones is 1. The minimum atomic E-state index is -0.372. The van der Waals surface area contributed by atoms with E-state index >= 15 is 0 Å². The monoisotopic (exact) mass is 254 g/mol. The lowest BCUT2D eigenvalue weighted by atomic mass is 9.94. The summed E-state index contributed by atoms with van der Waals surface area (Å²) in [6.45, 7) is 1.69. The average Bonchev–Trinajstić information content (AvgIpc) is 2.85. The summed E-state index contributed by atoms with van der Waals surface area (Å²) in [6, 6.07) is 13.1. The number of hydrogen-bond donors (Lipinski definition) is 0. The molecule has 2 heteroatoms. The Bertz CT molecular complexity index is 620. The first-order valence-electron chi connectivity index (χ1n) is 6.53. The van der Waals surface area contributed by atoms with Crippen molar-refractivity contribution in [3.05, 3.63) is 70.5 Å². The van der Waals surface area contributed by atoms with Crippen LogP contribution in [0.1, 0.15) is 27.0 Å². The second-order valence-electron chi connectivity index (χ2n) is 5.17. The van der Waals surface area contributed by atoms with Gasteiger partial charge in [0.15, 0.2) is 5.78 Å². The zero-order valence-electron chi connectivity index (χ0n) is 10.8. The zero-order valence-corrected chi connectivity index (χ0v) is 10.8. The van der Waals surface area contributed by atoms with Gasteiger partial charge in [0.25, 0.3) is 0 Å². The van der Waals surface area contributed by atoms with Crippen LogP contribution in [0.4, 0.5) is 4.39 Å². The van der Waals surface area contributed by atoms with Crippen molar-refractivity contribution in [1.82, 2.24) is 0 Å². The number of benzene rings is 2. The van der Waals surface area contributed by atoms with Gasteiger partial charge in [-0.05, 0) is 42.5 Å². The van der Waals surface area contributed by atoms with Gasteiger partial charge in [0.05, 0.1) is 5.56 Å². The summed E-state index contributed by atoms with van der Waals surface area (Å²) in [4.78, 5) is 12.4. The molecule has 0 radical (unpaired) electrons. The molecule has 2 aromatic rings. The third-order valence-corrected chi connectivity index (χ3v) is 3.88. The molecule has 3 rings (SSSR count). The molecule has 1 aliphatic carbocycles. The molecule has 19 heavy (non-hydrogen) atoms. The summed E-state index contributed by atoms with van der Waals surface area (Å²) in [5, 5.41) is 0. The molecule has 0 saturated heterocycles. The number of fused-ring (bicyclic) bond motifs is 1. The van der Waals surface area contributed by atoms with E-state index in [2.05, 4.69) is 12.1 Å². The van der Waals surface area contributed by atoms with Gasteiger partial charge in [-0.3, -0.25) is 4.79 Å². The number of carbonyl (C=O) groups excluding carboxylic acids is 1. The van der Waals surface area contributed by atoms with Crippen molar-refractivity contribution in [1.29, 1.82) is 0 Å². The summed E-state index contributed by atoms with van der Waals surface area (Å²) in [5.74, 6) is -0.561. The highest BCUT2D eigenvalue weighted by Crippen LogP contribution is 2.29. The summed E-state index contributed by atoms with van der Waals surface area (Å²) in [5.41, 5.74) is 3.20. The maximum Gasteiger partial charge on any atom is 0.169 e. The summed E-state index contributed by atoms with van der Waals surface area (Å²) < 4.78 is 14.0. The molecule has 0 unspecified atom stereocenters.